The van der Waals surface area contributed by atoms with Crippen molar-refractivity contribution in [1.82, 2.24) is 4.31 Å². The van der Waals surface area contributed by atoms with Crippen molar-refractivity contribution in [3.63, 3.8) is 0 Å². The number of hydrogen-bond acceptors (Lipinski definition) is 4. The van der Waals surface area contributed by atoms with Crippen LogP contribution in [0.25, 0.3) is 6.08 Å². The van der Waals surface area contributed by atoms with Gasteiger partial charge in [-0.05, 0) is 54.5 Å². The summed E-state index contributed by atoms with van der Waals surface area (Å²) in [6.07, 6.45) is 5.31. The normalized spacial score (nSPS) is 11.9. The van der Waals surface area contributed by atoms with E-state index in [0.29, 0.717) is 12.2 Å². The number of carbonyl (C=O) groups is 1. The quantitative estimate of drug-likeness (QED) is 0.370. The number of sulfonamides is 1. The topological polar surface area (TPSA) is 63.7 Å². The minimum atomic E-state index is -3.50. The highest BCUT2D eigenvalue weighted by molar-refractivity contribution is 7.89. The molecule has 0 aliphatic heterocycles. The molecule has 0 saturated heterocycles. The summed E-state index contributed by atoms with van der Waals surface area (Å²) in [6, 6.07) is 13.5. The van der Waals surface area contributed by atoms with Crippen molar-refractivity contribution in [3.05, 3.63) is 65.7 Å². The molecule has 0 radical (unpaired) electrons. The van der Waals surface area contributed by atoms with Crippen LogP contribution in [0.3, 0.4) is 0 Å². The molecule has 0 aliphatic rings. The summed E-state index contributed by atoms with van der Waals surface area (Å²) >= 11 is 0. The lowest BCUT2D eigenvalue weighted by atomic mass is 10.1. The largest absolute Gasteiger partial charge is 0.494 e. The molecular formula is C21H25NO4S. The Morgan fingerprint density at radius 2 is 1.67 bits per heavy atom. The van der Waals surface area contributed by atoms with Crippen LogP contribution in [0, 0.1) is 0 Å². The van der Waals surface area contributed by atoms with Gasteiger partial charge in [0.1, 0.15) is 5.75 Å². The number of ketones is 1. The molecule has 6 heteroatoms. The first-order valence-corrected chi connectivity index (χ1v) is 10.3. The Morgan fingerprint density at radius 1 is 1.04 bits per heavy atom. The second-order valence-corrected chi connectivity index (χ2v) is 8.43. The van der Waals surface area contributed by atoms with Crippen LogP contribution >= 0.6 is 0 Å². The molecule has 0 bridgehead atoms. The Morgan fingerprint density at radius 3 is 2.22 bits per heavy atom. The van der Waals surface area contributed by atoms with Crippen LogP contribution in [0.5, 0.6) is 5.75 Å². The average Bonchev–Trinajstić information content (AvgIpc) is 2.67. The Kier molecular flexibility index (Phi) is 7.33. The molecule has 0 amide bonds. The van der Waals surface area contributed by atoms with Crippen molar-refractivity contribution in [2.45, 2.75) is 24.7 Å². The van der Waals surface area contributed by atoms with Crippen LogP contribution in [-0.4, -0.2) is 39.2 Å². The first kappa shape index (κ1) is 20.9. The molecule has 0 aliphatic carbocycles. The van der Waals surface area contributed by atoms with Crippen LogP contribution in [-0.2, 0) is 10.0 Å². The van der Waals surface area contributed by atoms with Gasteiger partial charge >= 0.3 is 0 Å². The van der Waals surface area contributed by atoms with Crippen LogP contribution in [0.15, 0.2) is 59.5 Å². The number of nitrogens with zero attached hydrogens (tertiary/aromatic N) is 1. The van der Waals surface area contributed by atoms with Crippen molar-refractivity contribution < 1.29 is 17.9 Å². The van der Waals surface area contributed by atoms with E-state index in [1.165, 1.54) is 44.4 Å². The molecule has 0 unspecified atom stereocenters. The summed E-state index contributed by atoms with van der Waals surface area (Å²) in [5.41, 5.74) is 1.32. The maximum atomic E-state index is 12.3. The zero-order chi connectivity index (χ0) is 19.9. The Hall–Kier alpha value is -2.44. The van der Waals surface area contributed by atoms with E-state index in [2.05, 4.69) is 6.92 Å². The molecule has 0 saturated carbocycles. The van der Waals surface area contributed by atoms with E-state index in [9.17, 15) is 13.2 Å². The Labute approximate surface area is 161 Å². The maximum Gasteiger partial charge on any atom is 0.242 e. The Balaban J connectivity index is 2.02. The molecule has 2 aromatic carbocycles. The molecule has 0 fully saturated rings. The second-order valence-electron chi connectivity index (χ2n) is 6.28. The van der Waals surface area contributed by atoms with E-state index < -0.39 is 10.0 Å². The fourth-order valence-electron chi connectivity index (χ4n) is 2.28. The number of unbranched alkanes of at least 4 members (excludes halogenated alkanes) is 1. The van der Waals surface area contributed by atoms with Gasteiger partial charge < -0.3 is 4.74 Å². The third-order valence-electron chi connectivity index (χ3n) is 3.99. The van der Waals surface area contributed by atoms with E-state index >= 15 is 0 Å². The summed E-state index contributed by atoms with van der Waals surface area (Å²) in [5.74, 6) is 0.622. The molecule has 2 rings (SSSR count). The summed E-state index contributed by atoms with van der Waals surface area (Å²) in [7, 11) is -0.556. The molecule has 0 N–H and O–H groups in total. The molecule has 0 heterocycles. The third kappa shape index (κ3) is 5.77. The predicted octanol–water partition coefficient (Wildman–Crippen LogP) is 4.01. The van der Waals surface area contributed by atoms with Gasteiger partial charge in [0.05, 0.1) is 11.5 Å². The first-order chi connectivity index (χ1) is 12.8. The van der Waals surface area contributed by atoms with Crippen LogP contribution in [0.4, 0.5) is 0 Å². The lowest BCUT2D eigenvalue weighted by Gasteiger charge is -2.11. The zero-order valence-corrected chi connectivity index (χ0v) is 16.7. The molecule has 0 spiro atoms. The number of rotatable bonds is 9. The van der Waals surface area contributed by atoms with Crippen LogP contribution in [0.2, 0.25) is 0 Å². The van der Waals surface area contributed by atoms with Gasteiger partial charge in [0.15, 0.2) is 5.78 Å². The van der Waals surface area contributed by atoms with Gasteiger partial charge in [-0.3, -0.25) is 4.79 Å². The van der Waals surface area contributed by atoms with E-state index in [4.69, 9.17) is 4.74 Å². The highest BCUT2D eigenvalue weighted by Crippen LogP contribution is 2.16. The molecular weight excluding hydrogens is 362 g/mol. The third-order valence-corrected chi connectivity index (χ3v) is 5.82. The average molecular weight is 388 g/mol. The zero-order valence-electron chi connectivity index (χ0n) is 15.9. The monoisotopic (exact) mass is 387 g/mol. The molecule has 144 valence electrons. The molecule has 27 heavy (non-hydrogen) atoms. The number of hydrogen-bond donors (Lipinski definition) is 0. The Bertz CT molecular complexity index is 883. The predicted molar refractivity (Wildman–Crippen MR) is 108 cm³/mol. The van der Waals surface area contributed by atoms with Gasteiger partial charge in [0, 0.05) is 19.7 Å². The second kappa shape index (κ2) is 9.48. The summed E-state index contributed by atoms with van der Waals surface area (Å²) in [4.78, 5) is 12.4. The van der Waals surface area contributed by atoms with Gasteiger partial charge in [0.2, 0.25) is 10.0 Å². The smallest absolute Gasteiger partial charge is 0.242 e. The first-order valence-electron chi connectivity index (χ1n) is 8.82. The van der Waals surface area contributed by atoms with Crippen molar-refractivity contribution >= 4 is 21.9 Å². The van der Waals surface area contributed by atoms with Crippen LogP contribution < -0.4 is 4.74 Å². The molecule has 2 aromatic rings. The van der Waals surface area contributed by atoms with Gasteiger partial charge in [-0.25, -0.2) is 12.7 Å². The van der Waals surface area contributed by atoms with Crippen molar-refractivity contribution in [2.24, 2.45) is 0 Å². The van der Waals surface area contributed by atoms with Crippen molar-refractivity contribution in [3.8, 4) is 5.75 Å². The lowest BCUT2D eigenvalue weighted by molar-refractivity contribution is 0.104. The minimum absolute atomic E-state index is 0.159. The summed E-state index contributed by atoms with van der Waals surface area (Å²) in [6.45, 7) is 2.81. The minimum Gasteiger partial charge on any atom is -0.494 e. The van der Waals surface area contributed by atoms with Crippen molar-refractivity contribution in [2.75, 3.05) is 20.7 Å². The van der Waals surface area contributed by atoms with Crippen LogP contribution in [0.1, 0.15) is 35.7 Å². The number of allylic oxidation sites excluding steroid dienone is 1. The fourth-order valence-corrected chi connectivity index (χ4v) is 3.18. The van der Waals surface area contributed by atoms with E-state index in [-0.39, 0.29) is 10.7 Å². The number of benzene rings is 2. The lowest BCUT2D eigenvalue weighted by Crippen LogP contribution is -2.22. The van der Waals surface area contributed by atoms with Gasteiger partial charge in [0.25, 0.3) is 0 Å². The fraction of sp³-hybridized carbons (Fsp3) is 0.286. The molecule has 0 aromatic heterocycles. The highest BCUT2D eigenvalue weighted by Gasteiger charge is 2.17. The van der Waals surface area contributed by atoms with E-state index in [1.807, 2.05) is 24.3 Å². The van der Waals surface area contributed by atoms with Crippen molar-refractivity contribution in [1.29, 1.82) is 0 Å². The molecule has 5 nitrogen and oxygen atoms in total. The van der Waals surface area contributed by atoms with E-state index in [0.717, 1.165) is 28.5 Å². The highest BCUT2D eigenvalue weighted by atomic mass is 32.2. The van der Waals surface area contributed by atoms with Gasteiger partial charge in [-0.2, -0.15) is 0 Å². The number of ether oxygens (including phenoxy) is 1. The van der Waals surface area contributed by atoms with E-state index in [1.54, 1.807) is 6.08 Å². The molecule has 0 atom stereocenters. The SMILES string of the molecule is CCCCOc1ccc(/C=C/C(=O)c2ccc(S(=O)(=O)N(C)C)cc2)cc1. The summed E-state index contributed by atoms with van der Waals surface area (Å²) in [5, 5.41) is 0. The van der Waals surface area contributed by atoms with Gasteiger partial charge in [-0.1, -0.05) is 31.6 Å². The standard InChI is InChI=1S/C21H25NO4S/c1-4-5-16-26-19-11-6-17(7-12-19)8-15-21(23)18-9-13-20(14-10-18)27(24,25)22(2)3/h6-15H,4-5,16H2,1-3H3/b15-8+. The number of carbonyl (C=O) groups excluding carboxylic acids is 1. The summed E-state index contributed by atoms with van der Waals surface area (Å²) < 4.78 is 30.8. The maximum absolute atomic E-state index is 12.3. The van der Waals surface area contributed by atoms with Gasteiger partial charge in [-0.15, -0.1) is 0 Å².